The summed E-state index contributed by atoms with van der Waals surface area (Å²) in [5.74, 6) is 0.224. The van der Waals surface area contributed by atoms with Crippen LogP contribution in [0.15, 0.2) is 35.2 Å². The van der Waals surface area contributed by atoms with Crippen LogP contribution in [0.2, 0.25) is 0 Å². The number of sulfonamides is 1. The Morgan fingerprint density at radius 2 is 1.86 bits per heavy atom. The highest BCUT2D eigenvalue weighted by atomic mass is 32.2. The van der Waals surface area contributed by atoms with E-state index in [1.807, 2.05) is 0 Å². The zero-order valence-electron chi connectivity index (χ0n) is 16.1. The maximum absolute atomic E-state index is 13.0. The van der Waals surface area contributed by atoms with Gasteiger partial charge in [0.25, 0.3) is 0 Å². The molecule has 2 aliphatic rings. The molecule has 28 heavy (non-hydrogen) atoms. The highest BCUT2D eigenvalue weighted by molar-refractivity contribution is 7.89. The van der Waals surface area contributed by atoms with Gasteiger partial charge < -0.3 is 10.6 Å². The van der Waals surface area contributed by atoms with Crippen molar-refractivity contribution in [3.05, 3.63) is 30.3 Å². The molecule has 0 bridgehead atoms. The van der Waals surface area contributed by atoms with Crippen molar-refractivity contribution in [2.45, 2.75) is 43.4 Å². The van der Waals surface area contributed by atoms with Gasteiger partial charge in [0.2, 0.25) is 21.8 Å². The summed E-state index contributed by atoms with van der Waals surface area (Å²) in [6, 6.07) is 8.27. The molecule has 3 rings (SSSR count). The fourth-order valence-electron chi connectivity index (χ4n) is 3.43. The number of rotatable bonds is 5. The fourth-order valence-corrected chi connectivity index (χ4v) is 4.93. The summed E-state index contributed by atoms with van der Waals surface area (Å²) < 4.78 is 27.3. The van der Waals surface area contributed by atoms with Gasteiger partial charge in [0, 0.05) is 38.5 Å². The predicted molar refractivity (Wildman–Crippen MR) is 106 cm³/mol. The average Bonchev–Trinajstić information content (AvgIpc) is 3.52. The van der Waals surface area contributed by atoms with Gasteiger partial charge in [0.05, 0.1) is 4.90 Å². The van der Waals surface area contributed by atoms with Crippen LogP contribution in [0.3, 0.4) is 0 Å². The largest absolute Gasteiger partial charge is 0.356 e. The van der Waals surface area contributed by atoms with Crippen LogP contribution in [0.25, 0.3) is 0 Å². The van der Waals surface area contributed by atoms with E-state index in [1.165, 1.54) is 17.1 Å². The lowest BCUT2D eigenvalue weighted by molar-refractivity contribution is -0.126. The topological polar surface area (TPSA) is 95.6 Å². The van der Waals surface area contributed by atoms with E-state index in [0.29, 0.717) is 38.3 Å². The molecule has 2 amide bonds. The van der Waals surface area contributed by atoms with Crippen LogP contribution >= 0.6 is 0 Å². The van der Waals surface area contributed by atoms with Gasteiger partial charge in [-0.15, -0.1) is 0 Å². The summed E-state index contributed by atoms with van der Waals surface area (Å²) in [6.45, 7) is 1.60. The first kappa shape index (κ1) is 20.8. The Morgan fingerprint density at radius 3 is 2.57 bits per heavy atom. The van der Waals surface area contributed by atoms with Crippen molar-refractivity contribution in [2.75, 3.05) is 26.2 Å². The molecule has 1 saturated heterocycles. The summed E-state index contributed by atoms with van der Waals surface area (Å²) in [6.07, 6.45) is 4.23. The molecule has 0 aromatic heterocycles. The summed E-state index contributed by atoms with van der Waals surface area (Å²) in [5.41, 5.74) is 0. The first-order chi connectivity index (χ1) is 13.5. The lowest BCUT2D eigenvalue weighted by Gasteiger charge is -2.22. The molecule has 7 nitrogen and oxygen atoms in total. The Balaban J connectivity index is 1.67. The van der Waals surface area contributed by atoms with Crippen LogP contribution < -0.4 is 10.6 Å². The van der Waals surface area contributed by atoms with Gasteiger partial charge in [0.15, 0.2) is 0 Å². The Bertz CT molecular complexity index is 778. The molecule has 1 saturated carbocycles. The van der Waals surface area contributed by atoms with E-state index in [0.717, 1.165) is 6.54 Å². The summed E-state index contributed by atoms with van der Waals surface area (Å²) in [7, 11) is -3.66. The van der Waals surface area contributed by atoms with Crippen LogP contribution in [0.5, 0.6) is 0 Å². The molecule has 2 fully saturated rings. The van der Waals surface area contributed by atoms with E-state index in [9.17, 15) is 18.0 Å². The number of hydrogen-bond acceptors (Lipinski definition) is 4. The minimum absolute atomic E-state index is 0.0119. The maximum atomic E-state index is 13.0. The fraction of sp³-hybridized carbons (Fsp3) is 0.600. The Kier molecular flexibility index (Phi) is 7.07. The second kappa shape index (κ2) is 9.52. The monoisotopic (exact) mass is 407 g/mol. The quantitative estimate of drug-likeness (QED) is 0.773. The molecule has 8 heteroatoms. The minimum atomic E-state index is -3.66. The third-order valence-electron chi connectivity index (χ3n) is 5.38. The van der Waals surface area contributed by atoms with Crippen molar-refractivity contribution < 1.29 is 18.0 Å². The predicted octanol–water partition coefficient (Wildman–Crippen LogP) is 1.51. The van der Waals surface area contributed by atoms with Crippen LogP contribution in [0.1, 0.15) is 38.5 Å². The molecule has 0 spiro atoms. The zero-order valence-corrected chi connectivity index (χ0v) is 16.9. The second-order valence-electron chi connectivity index (χ2n) is 7.63. The second-order valence-corrected chi connectivity index (χ2v) is 9.57. The molecule has 1 heterocycles. The highest BCUT2D eigenvalue weighted by Crippen LogP contribution is 2.28. The van der Waals surface area contributed by atoms with Gasteiger partial charge in [-0.1, -0.05) is 18.2 Å². The van der Waals surface area contributed by atoms with Crippen molar-refractivity contribution in [2.24, 2.45) is 11.8 Å². The van der Waals surface area contributed by atoms with E-state index < -0.39 is 10.0 Å². The number of carbonyl (C=O) groups is 2. The van der Waals surface area contributed by atoms with Crippen LogP contribution in [0.4, 0.5) is 0 Å². The molecule has 1 aromatic carbocycles. The van der Waals surface area contributed by atoms with E-state index in [1.54, 1.807) is 30.3 Å². The van der Waals surface area contributed by atoms with Gasteiger partial charge in [-0.3, -0.25) is 9.59 Å². The number of carbonyl (C=O) groups excluding carboxylic acids is 2. The van der Waals surface area contributed by atoms with Crippen molar-refractivity contribution in [3.63, 3.8) is 0 Å². The van der Waals surface area contributed by atoms with Crippen molar-refractivity contribution in [3.8, 4) is 0 Å². The van der Waals surface area contributed by atoms with Gasteiger partial charge in [-0.25, -0.2) is 8.42 Å². The highest BCUT2D eigenvalue weighted by Gasteiger charge is 2.28. The van der Waals surface area contributed by atoms with Crippen molar-refractivity contribution in [1.82, 2.24) is 14.9 Å². The van der Waals surface area contributed by atoms with Crippen LogP contribution in [0, 0.1) is 11.8 Å². The zero-order chi connectivity index (χ0) is 20.0. The average molecular weight is 408 g/mol. The van der Waals surface area contributed by atoms with Gasteiger partial charge >= 0.3 is 0 Å². The molecule has 1 aliphatic heterocycles. The van der Waals surface area contributed by atoms with Crippen LogP contribution in [-0.4, -0.2) is 50.7 Å². The number of amides is 2. The smallest absolute Gasteiger partial charge is 0.243 e. The number of hydrogen-bond donors (Lipinski definition) is 2. The molecule has 154 valence electrons. The maximum Gasteiger partial charge on any atom is 0.243 e. The minimum Gasteiger partial charge on any atom is -0.356 e. The Hall–Kier alpha value is -1.93. The summed E-state index contributed by atoms with van der Waals surface area (Å²) in [5, 5.41) is 5.82. The van der Waals surface area contributed by atoms with E-state index in [2.05, 4.69) is 10.6 Å². The summed E-state index contributed by atoms with van der Waals surface area (Å²) >= 11 is 0. The molecular formula is C20H29N3O4S. The van der Waals surface area contributed by atoms with Crippen molar-refractivity contribution >= 4 is 21.8 Å². The Labute approximate surface area is 166 Å². The van der Waals surface area contributed by atoms with Gasteiger partial charge in [0.1, 0.15) is 0 Å². The lowest BCUT2D eigenvalue weighted by atomic mass is 9.98. The normalized spacial score (nSPS) is 22.7. The van der Waals surface area contributed by atoms with Crippen LogP contribution in [-0.2, 0) is 19.6 Å². The molecule has 2 N–H and O–H groups in total. The molecule has 1 atom stereocenters. The SMILES string of the molecule is O=C1CCN(S(=O)(=O)c2ccccc2)CCCC(C(=O)NCC2CC2)CCN1. The molecular weight excluding hydrogens is 378 g/mol. The molecule has 0 radical (unpaired) electrons. The number of benzene rings is 1. The molecule has 1 unspecified atom stereocenters. The lowest BCUT2D eigenvalue weighted by Crippen LogP contribution is -2.35. The standard InChI is InChI=1S/C20H29N3O4S/c24-19-11-14-23(28(26,27)18-6-2-1-3-7-18)13-4-5-17(10-12-21-19)20(25)22-15-16-8-9-16/h1-3,6-7,16-17H,4-5,8-15H2,(H,21,24)(H,22,25). The third-order valence-corrected chi connectivity index (χ3v) is 7.29. The first-order valence-corrected chi connectivity index (χ1v) is 11.5. The number of nitrogens with zero attached hydrogens (tertiary/aromatic N) is 1. The first-order valence-electron chi connectivity index (χ1n) is 10.1. The Morgan fingerprint density at radius 1 is 1.11 bits per heavy atom. The summed E-state index contributed by atoms with van der Waals surface area (Å²) in [4.78, 5) is 24.8. The number of nitrogens with one attached hydrogen (secondary N) is 2. The third kappa shape index (κ3) is 5.78. The van der Waals surface area contributed by atoms with Crippen molar-refractivity contribution in [1.29, 1.82) is 0 Å². The van der Waals surface area contributed by atoms with Gasteiger partial charge in [-0.2, -0.15) is 4.31 Å². The molecule has 1 aromatic rings. The van der Waals surface area contributed by atoms with Gasteiger partial charge in [-0.05, 0) is 50.2 Å². The van der Waals surface area contributed by atoms with E-state index in [4.69, 9.17) is 0 Å². The molecule has 1 aliphatic carbocycles. The van der Waals surface area contributed by atoms with E-state index in [-0.39, 0.29) is 35.6 Å². The van der Waals surface area contributed by atoms with E-state index >= 15 is 0 Å².